The van der Waals surface area contributed by atoms with Crippen LogP contribution in [0.3, 0.4) is 0 Å². The Morgan fingerprint density at radius 2 is 1.96 bits per heavy atom. The second-order valence-corrected chi connectivity index (χ2v) is 6.18. The molecule has 7 heteroatoms. The SMILES string of the molecule is COc1cccc(NC(=O)C2=C(C)NC(=O)NC2c2ccccc2Cl)c1. The van der Waals surface area contributed by atoms with E-state index < -0.39 is 6.04 Å². The molecule has 1 aliphatic heterocycles. The third-order valence-corrected chi connectivity index (χ3v) is 4.40. The summed E-state index contributed by atoms with van der Waals surface area (Å²) in [5.74, 6) is 0.291. The molecule has 0 fully saturated rings. The maximum atomic E-state index is 12.9. The fraction of sp³-hybridized carbons (Fsp3) is 0.158. The minimum atomic E-state index is -0.650. The zero-order chi connectivity index (χ0) is 18.7. The maximum absolute atomic E-state index is 12.9. The van der Waals surface area contributed by atoms with E-state index >= 15 is 0 Å². The van der Waals surface area contributed by atoms with Crippen molar-refractivity contribution in [2.45, 2.75) is 13.0 Å². The highest BCUT2D eigenvalue weighted by Gasteiger charge is 2.32. The van der Waals surface area contributed by atoms with Gasteiger partial charge in [-0.05, 0) is 30.7 Å². The number of methoxy groups -OCH3 is 1. The fourth-order valence-corrected chi connectivity index (χ4v) is 3.08. The average Bonchev–Trinajstić information content (AvgIpc) is 2.61. The Morgan fingerprint density at radius 1 is 1.19 bits per heavy atom. The van der Waals surface area contributed by atoms with E-state index in [9.17, 15) is 9.59 Å². The predicted octanol–water partition coefficient (Wildman–Crippen LogP) is 3.62. The van der Waals surface area contributed by atoms with Gasteiger partial charge in [-0.3, -0.25) is 4.79 Å². The van der Waals surface area contributed by atoms with Gasteiger partial charge >= 0.3 is 6.03 Å². The molecule has 2 aromatic rings. The van der Waals surface area contributed by atoms with Crippen LogP contribution in [0.5, 0.6) is 5.75 Å². The highest BCUT2D eigenvalue weighted by molar-refractivity contribution is 6.31. The standard InChI is InChI=1S/C19H18ClN3O3/c1-11-16(18(24)22-12-6-5-7-13(10-12)26-2)17(23-19(25)21-11)14-8-3-4-9-15(14)20/h3-10,17H,1-2H3,(H,22,24)(H2,21,23,25). The van der Waals surface area contributed by atoms with Crippen molar-refractivity contribution in [3.8, 4) is 5.75 Å². The monoisotopic (exact) mass is 371 g/mol. The number of allylic oxidation sites excluding steroid dienone is 1. The first-order valence-corrected chi connectivity index (χ1v) is 8.35. The molecule has 0 saturated heterocycles. The molecule has 134 valence electrons. The third-order valence-electron chi connectivity index (χ3n) is 4.06. The van der Waals surface area contributed by atoms with Gasteiger partial charge in [-0.25, -0.2) is 4.79 Å². The van der Waals surface area contributed by atoms with Crippen LogP contribution in [0.25, 0.3) is 0 Å². The Bertz CT molecular complexity index is 895. The first-order valence-electron chi connectivity index (χ1n) is 7.97. The van der Waals surface area contributed by atoms with Gasteiger partial charge in [-0.2, -0.15) is 0 Å². The predicted molar refractivity (Wildman–Crippen MR) is 100 cm³/mol. The maximum Gasteiger partial charge on any atom is 0.319 e. The number of amides is 3. The van der Waals surface area contributed by atoms with Gasteiger partial charge in [-0.1, -0.05) is 35.9 Å². The lowest BCUT2D eigenvalue weighted by Gasteiger charge is -2.29. The topological polar surface area (TPSA) is 79.5 Å². The molecule has 26 heavy (non-hydrogen) atoms. The summed E-state index contributed by atoms with van der Waals surface area (Å²) < 4.78 is 5.17. The quantitative estimate of drug-likeness (QED) is 0.768. The Kier molecular flexibility index (Phi) is 5.14. The Morgan fingerprint density at radius 3 is 2.69 bits per heavy atom. The number of rotatable bonds is 4. The van der Waals surface area contributed by atoms with Crippen molar-refractivity contribution in [2.75, 3.05) is 12.4 Å². The Hall–Kier alpha value is -2.99. The van der Waals surface area contributed by atoms with Gasteiger partial charge in [0, 0.05) is 22.5 Å². The van der Waals surface area contributed by atoms with Crippen molar-refractivity contribution in [3.63, 3.8) is 0 Å². The van der Waals surface area contributed by atoms with Crippen LogP contribution in [-0.4, -0.2) is 19.0 Å². The smallest absolute Gasteiger partial charge is 0.319 e. The lowest BCUT2D eigenvalue weighted by atomic mass is 9.94. The molecule has 0 radical (unpaired) electrons. The van der Waals surface area contributed by atoms with Crippen LogP contribution < -0.4 is 20.7 Å². The van der Waals surface area contributed by atoms with Crippen molar-refractivity contribution in [1.82, 2.24) is 10.6 Å². The highest BCUT2D eigenvalue weighted by atomic mass is 35.5. The molecule has 0 bridgehead atoms. The van der Waals surface area contributed by atoms with Crippen LogP contribution in [0, 0.1) is 0 Å². The number of ether oxygens (including phenoxy) is 1. The largest absolute Gasteiger partial charge is 0.497 e. The Balaban J connectivity index is 1.95. The molecule has 0 saturated carbocycles. The van der Waals surface area contributed by atoms with Gasteiger partial charge in [-0.15, -0.1) is 0 Å². The number of halogens is 1. The summed E-state index contributed by atoms with van der Waals surface area (Å²) in [5, 5.41) is 8.72. The van der Waals surface area contributed by atoms with Crippen molar-refractivity contribution >= 4 is 29.2 Å². The van der Waals surface area contributed by atoms with Crippen LogP contribution in [0.2, 0.25) is 5.02 Å². The van der Waals surface area contributed by atoms with E-state index in [4.69, 9.17) is 16.3 Å². The van der Waals surface area contributed by atoms with Crippen LogP contribution in [0.15, 0.2) is 59.8 Å². The van der Waals surface area contributed by atoms with Gasteiger partial charge in [0.05, 0.1) is 18.7 Å². The van der Waals surface area contributed by atoms with Crippen molar-refractivity contribution < 1.29 is 14.3 Å². The van der Waals surface area contributed by atoms with E-state index in [0.717, 1.165) is 0 Å². The zero-order valence-electron chi connectivity index (χ0n) is 14.3. The van der Waals surface area contributed by atoms with E-state index in [-0.39, 0.29) is 11.9 Å². The molecule has 0 aromatic heterocycles. The second-order valence-electron chi connectivity index (χ2n) is 5.78. The molecular weight excluding hydrogens is 354 g/mol. The van der Waals surface area contributed by atoms with Crippen LogP contribution in [0.1, 0.15) is 18.5 Å². The molecule has 1 aliphatic rings. The summed E-state index contributed by atoms with van der Waals surface area (Å²) in [6.07, 6.45) is 0. The van der Waals surface area contributed by atoms with Gasteiger partial charge in [0.25, 0.3) is 5.91 Å². The number of nitrogens with one attached hydrogen (secondary N) is 3. The summed E-state index contributed by atoms with van der Waals surface area (Å²) in [4.78, 5) is 24.9. The number of anilines is 1. The molecule has 1 heterocycles. The van der Waals surface area contributed by atoms with E-state index in [1.54, 1.807) is 56.5 Å². The lowest BCUT2D eigenvalue weighted by molar-refractivity contribution is -0.113. The normalized spacial score (nSPS) is 16.6. The number of carbonyl (C=O) groups is 2. The van der Waals surface area contributed by atoms with Crippen molar-refractivity contribution in [1.29, 1.82) is 0 Å². The lowest BCUT2D eigenvalue weighted by Crippen LogP contribution is -2.46. The summed E-state index contributed by atoms with van der Waals surface area (Å²) in [6, 6.07) is 13.1. The van der Waals surface area contributed by atoms with Crippen molar-refractivity contribution in [3.05, 3.63) is 70.4 Å². The minimum Gasteiger partial charge on any atom is -0.497 e. The van der Waals surface area contributed by atoms with E-state index in [1.807, 2.05) is 6.07 Å². The van der Waals surface area contributed by atoms with Crippen LogP contribution in [-0.2, 0) is 4.79 Å². The first-order chi connectivity index (χ1) is 12.5. The van der Waals surface area contributed by atoms with Crippen LogP contribution >= 0.6 is 11.6 Å². The molecule has 3 amide bonds. The van der Waals surface area contributed by atoms with Gasteiger partial charge in [0.15, 0.2) is 0 Å². The number of benzene rings is 2. The van der Waals surface area contributed by atoms with Gasteiger partial charge in [0.1, 0.15) is 5.75 Å². The second kappa shape index (κ2) is 7.49. The molecule has 0 aliphatic carbocycles. The van der Waals surface area contributed by atoms with E-state index in [0.29, 0.717) is 33.3 Å². The molecular formula is C19H18ClN3O3. The molecule has 6 nitrogen and oxygen atoms in total. The first kappa shape index (κ1) is 17.8. The molecule has 1 unspecified atom stereocenters. The number of carbonyl (C=O) groups excluding carboxylic acids is 2. The average molecular weight is 372 g/mol. The fourth-order valence-electron chi connectivity index (χ4n) is 2.84. The minimum absolute atomic E-state index is 0.340. The number of urea groups is 1. The molecule has 0 spiro atoms. The highest BCUT2D eigenvalue weighted by Crippen LogP contribution is 2.32. The number of hydrogen-bond acceptors (Lipinski definition) is 3. The third kappa shape index (κ3) is 3.65. The molecule has 3 rings (SSSR count). The molecule has 3 N–H and O–H groups in total. The van der Waals surface area contributed by atoms with Gasteiger partial charge in [0.2, 0.25) is 0 Å². The zero-order valence-corrected chi connectivity index (χ0v) is 15.1. The molecule has 1 atom stereocenters. The summed E-state index contributed by atoms with van der Waals surface area (Å²) in [7, 11) is 1.56. The molecule has 2 aromatic carbocycles. The summed E-state index contributed by atoms with van der Waals surface area (Å²) >= 11 is 6.28. The summed E-state index contributed by atoms with van der Waals surface area (Å²) in [6.45, 7) is 1.68. The van der Waals surface area contributed by atoms with Crippen LogP contribution in [0.4, 0.5) is 10.5 Å². The number of hydrogen-bond donors (Lipinski definition) is 3. The van der Waals surface area contributed by atoms with Gasteiger partial charge < -0.3 is 20.7 Å². The van der Waals surface area contributed by atoms with E-state index in [2.05, 4.69) is 16.0 Å². The Labute approximate surface area is 156 Å². The van der Waals surface area contributed by atoms with E-state index in [1.165, 1.54) is 0 Å². The van der Waals surface area contributed by atoms with Crippen molar-refractivity contribution in [2.24, 2.45) is 0 Å². The summed E-state index contributed by atoms with van der Waals surface area (Å²) in [5.41, 5.74) is 2.10.